The molecule has 10 nitrogen and oxygen atoms in total. The van der Waals surface area contributed by atoms with Gasteiger partial charge < -0.3 is 21.1 Å². The van der Waals surface area contributed by atoms with E-state index < -0.39 is 6.10 Å². The first-order chi connectivity index (χ1) is 21.4. The Balaban J connectivity index is 1.29. The van der Waals surface area contributed by atoms with Gasteiger partial charge in [0.05, 0.1) is 18.0 Å². The van der Waals surface area contributed by atoms with Crippen LogP contribution in [0.5, 0.6) is 0 Å². The Hall–Kier alpha value is -4.67. The van der Waals surface area contributed by atoms with Gasteiger partial charge in [0.25, 0.3) is 0 Å². The van der Waals surface area contributed by atoms with Crippen LogP contribution in [0.1, 0.15) is 43.4 Å². The minimum absolute atomic E-state index is 0.0839. The van der Waals surface area contributed by atoms with Crippen LogP contribution >= 0.6 is 0 Å². The highest BCUT2D eigenvalue weighted by molar-refractivity contribution is 5.97. The van der Waals surface area contributed by atoms with Crippen molar-refractivity contribution in [2.45, 2.75) is 45.8 Å². The van der Waals surface area contributed by atoms with Crippen LogP contribution in [0.25, 0.3) is 27.7 Å². The number of nitrogens with zero attached hydrogens (tertiary/aromatic N) is 5. The molecule has 0 spiro atoms. The zero-order valence-electron chi connectivity index (χ0n) is 25.3. The molecule has 2 aromatic carbocycles. The zero-order valence-corrected chi connectivity index (χ0v) is 25.3. The van der Waals surface area contributed by atoms with Crippen molar-refractivity contribution in [3.8, 4) is 11.3 Å². The number of rotatable bonds is 11. The molecule has 0 amide bonds. The molecule has 1 aliphatic rings. The Morgan fingerprint density at radius 3 is 2.80 bits per heavy atom. The first-order valence-corrected chi connectivity index (χ1v) is 15.1. The van der Waals surface area contributed by atoms with Gasteiger partial charge in [0.2, 0.25) is 11.9 Å². The number of aromatic nitrogens is 5. The van der Waals surface area contributed by atoms with Crippen molar-refractivity contribution < 1.29 is 9.90 Å². The standard InChI is InChI=1S/C34H38N8O2/c1-4-7-26(43)15-22-10-11-28-23(14-22)12-13-36-31(28)27-9-6-5-8-24(27)17-38-34-41-33(37-18-25-16-35-20-30(25)44)40-32-29(21(2)3)19-39-42(32)34/h4-14,19,21,25,30,35,44H,15-18,20H2,1-3H3,(H2,37,38,40,41)/b7-4+/t25-,30+/m1/s1. The fourth-order valence-electron chi connectivity index (χ4n) is 5.72. The summed E-state index contributed by atoms with van der Waals surface area (Å²) in [6.07, 6.45) is 7.03. The Kier molecular flexibility index (Phi) is 8.63. The summed E-state index contributed by atoms with van der Waals surface area (Å²) >= 11 is 0. The molecule has 0 bridgehead atoms. The summed E-state index contributed by atoms with van der Waals surface area (Å²) in [5.41, 5.74) is 5.71. The second kappa shape index (κ2) is 12.9. The summed E-state index contributed by atoms with van der Waals surface area (Å²) in [4.78, 5) is 26.5. The third-order valence-electron chi connectivity index (χ3n) is 8.11. The molecule has 44 heavy (non-hydrogen) atoms. The van der Waals surface area contributed by atoms with Gasteiger partial charge in [0.15, 0.2) is 11.4 Å². The molecule has 2 atom stereocenters. The molecule has 3 aromatic heterocycles. The molecule has 1 aliphatic heterocycles. The van der Waals surface area contributed by atoms with E-state index in [-0.39, 0.29) is 17.6 Å². The predicted molar refractivity (Wildman–Crippen MR) is 174 cm³/mol. The SMILES string of the molecule is C/C=C/C(=O)Cc1ccc2c(-c3ccccc3CNc3nc(NC[C@H]4CNC[C@@H]4O)nc4c(C(C)C)cnn34)nccc2c1. The first-order valence-electron chi connectivity index (χ1n) is 15.1. The van der Waals surface area contributed by atoms with Crippen LogP contribution < -0.4 is 16.0 Å². The number of hydrogen-bond donors (Lipinski definition) is 4. The van der Waals surface area contributed by atoms with Crippen LogP contribution in [0, 0.1) is 5.92 Å². The van der Waals surface area contributed by atoms with Crippen molar-refractivity contribution in [3.63, 3.8) is 0 Å². The molecule has 0 radical (unpaired) electrons. The molecule has 4 heterocycles. The number of fused-ring (bicyclic) bond motifs is 2. The molecule has 0 aliphatic carbocycles. The number of allylic oxidation sites excluding steroid dienone is 2. The van der Waals surface area contributed by atoms with Gasteiger partial charge in [-0.3, -0.25) is 9.78 Å². The van der Waals surface area contributed by atoms with E-state index in [2.05, 4.69) is 59.2 Å². The van der Waals surface area contributed by atoms with Crippen LogP contribution in [-0.2, 0) is 17.8 Å². The lowest BCUT2D eigenvalue weighted by Crippen LogP contribution is -2.26. The third kappa shape index (κ3) is 6.17. The van der Waals surface area contributed by atoms with Crippen LogP contribution in [-0.4, -0.2) is 61.2 Å². The lowest BCUT2D eigenvalue weighted by atomic mass is 9.97. The minimum atomic E-state index is -0.392. The number of carbonyl (C=O) groups is 1. The van der Waals surface area contributed by atoms with Gasteiger partial charge in [-0.2, -0.15) is 19.6 Å². The Bertz CT molecular complexity index is 1830. The summed E-state index contributed by atoms with van der Waals surface area (Å²) in [5, 5.41) is 27.0. The average Bonchev–Trinajstić information content (AvgIpc) is 3.64. The van der Waals surface area contributed by atoms with E-state index in [0.717, 1.165) is 50.9 Å². The Morgan fingerprint density at radius 2 is 2.00 bits per heavy atom. The van der Waals surface area contributed by atoms with Gasteiger partial charge >= 0.3 is 0 Å². The van der Waals surface area contributed by atoms with E-state index >= 15 is 0 Å². The number of hydrogen-bond acceptors (Lipinski definition) is 9. The summed E-state index contributed by atoms with van der Waals surface area (Å²) < 4.78 is 1.75. The zero-order chi connectivity index (χ0) is 30.6. The third-order valence-corrected chi connectivity index (χ3v) is 8.11. The Morgan fingerprint density at radius 1 is 1.14 bits per heavy atom. The van der Waals surface area contributed by atoms with Gasteiger partial charge in [-0.05, 0) is 41.5 Å². The monoisotopic (exact) mass is 590 g/mol. The van der Waals surface area contributed by atoms with E-state index in [4.69, 9.17) is 15.0 Å². The fourth-order valence-corrected chi connectivity index (χ4v) is 5.72. The van der Waals surface area contributed by atoms with Crippen molar-refractivity contribution >= 4 is 34.1 Å². The lowest BCUT2D eigenvalue weighted by molar-refractivity contribution is -0.114. The number of nitrogens with one attached hydrogen (secondary N) is 3. The maximum Gasteiger partial charge on any atom is 0.229 e. The van der Waals surface area contributed by atoms with Crippen LogP contribution in [0.3, 0.4) is 0 Å². The Labute approximate surface area is 256 Å². The predicted octanol–water partition coefficient (Wildman–Crippen LogP) is 4.75. The summed E-state index contributed by atoms with van der Waals surface area (Å²) in [7, 11) is 0. The van der Waals surface area contributed by atoms with Crippen LogP contribution in [0.4, 0.5) is 11.9 Å². The number of anilines is 2. The molecule has 6 rings (SSSR count). The molecule has 1 saturated heterocycles. The highest BCUT2D eigenvalue weighted by atomic mass is 16.3. The van der Waals surface area contributed by atoms with Gasteiger partial charge in [-0.25, -0.2) is 0 Å². The number of β-amino-alcohol motifs (C(OH)–C–C–N with tert-alkyl or cyclic N) is 1. The molecule has 226 valence electrons. The number of aliphatic hydroxyl groups is 1. The van der Waals surface area contributed by atoms with Gasteiger partial charge in [0.1, 0.15) is 0 Å². The van der Waals surface area contributed by atoms with Crippen molar-refractivity contribution in [1.82, 2.24) is 29.9 Å². The quantitative estimate of drug-likeness (QED) is 0.161. The molecule has 5 aromatic rings. The van der Waals surface area contributed by atoms with Crippen LogP contribution in [0.15, 0.2) is 73.1 Å². The highest BCUT2D eigenvalue weighted by Gasteiger charge is 2.25. The number of carbonyl (C=O) groups excluding carboxylic acids is 1. The maximum absolute atomic E-state index is 12.2. The maximum atomic E-state index is 12.2. The van der Waals surface area contributed by atoms with Crippen molar-refractivity contribution in [2.75, 3.05) is 30.3 Å². The topological polar surface area (TPSA) is 129 Å². The van der Waals surface area contributed by atoms with E-state index in [1.165, 1.54) is 0 Å². The smallest absolute Gasteiger partial charge is 0.229 e. The van der Waals surface area contributed by atoms with Crippen LogP contribution in [0.2, 0.25) is 0 Å². The number of benzene rings is 2. The second-order valence-electron chi connectivity index (χ2n) is 11.6. The largest absolute Gasteiger partial charge is 0.391 e. The second-order valence-corrected chi connectivity index (χ2v) is 11.6. The molecule has 10 heteroatoms. The number of pyridine rings is 1. The summed E-state index contributed by atoms with van der Waals surface area (Å²) in [5.74, 6) is 1.48. The van der Waals surface area contributed by atoms with Crippen molar-refractivity contribution in [3.05, 3.63) is 89.8 Å². The van der Waals surface area contributed by atoms with Crippen molar-refractivity contribution in [2.24, 2.45) is 5.92 Å². The van der Waals surface area contributed by atoms with E-state index in [1.54, 1.807) is 16.7 Å². The minimum Gasteiger partial charge on any atom is -0.391 e. The summed E-state index contributed by atoms with van der Waals surface area (Å²) in [6, 6.07) is 16.3. The van der Waals surface area contributed by atoms with Gasteiger partial charge in [0, 0.05) is 61.2 Å². The fraction of sp³-hybridized carbons (Fsp3) is 0.324. The first kappa shape index (κ1) is 29.4. The van der Waals surface area contributed by atoms with Crippen molar-refractivity contribution in [1.29, 1.82) is 0 Å². The number of ketones is 1. The molecule has 0 saturated carbocycles. The summed E-state index contributed by atoms with van der Waals surface area (Å²) in [6.45, 7) is 8.49. The average molecular weight is 591 g/mol. The normalized spacial score (nSPS) is 16.8. The molecule has 4 N–H and O–H groups in total. The number of aliphatic hydroxyl groups excluding tert-OH is 1. The molecule has 0 unspecified atom stereocenters. The van der Waals surface area contributed by atoms with Gasteiger partial charge in [-0.1, -0.05) is 62.4 Å². The van der Waals surface area contributed by atoms with Gasteiger partial charge in [-0.15, -0.1) is 0 Å². The molecular formula is C34H38N8O2. The highest BCUT2D eigenvalue weighted by Crippen LogP contribution is 2.31. The van der Waals surface area contributed by atoms with E-state index in [0.29, 0.717) is 38.0 Å². The molecule has 1 fully saturated rings. The lowest BCUT2D eigenvalue weighted by Gasteiger charge is -2.16. The van der Waals surface area contributed by atoms with E-state index in [1.807, 2.05) is 43.6 Å². The molecular weight excluding hydrogens is 552 g/mol. The van der Waals surface area contributed by atoms with E-state index in [9.17, 15) is 9.90 Å².